The molecule has 3 atom stereocenters. The van der Waals surface area contributed by atoms with E-state index in [1.54, 1.807) is 0 Å². The van der Waals surface area contributed by atoms with Crippen LogP contribution in [0.2, 0.25) is 0 Å². The van der Waals surface area contributed by atoms with Gasteiger partial charge in [-0.1, -0.05) is 45.4 Å². The largest absolute Gasteiger partial charge is 0.247 e. The summed E-state index contributed by atoms with van der Waals surface area (Å²) in [5.41, 5.74) is 0. The summed E-state index contributed by atoms with van der Waals surface area (Å²) in [4.78, 5) is 0. The van der Waals surface area contributed by atoms with Gasteiger partial charge in [0.15, 0.2) is 0 Å². The van der Waals surface area contributed by atoms with E-state index in [1.807, 2.05) is 0 Å². The summed E-state index contributed by atoms with van der Waals surface area (Å²) >= 11 is 4.48. The first-order valence-electron chi connectivity index (χ1n) is 9.94. The molecule has 3 saturated carbocycles. The van der Waals surface area contributed by atoms with Gasteiger partial charge in [-0.3, -0.25) is 0 Å². The van der Waals surface area contributed by atoms with Crippen molar-refractivity contribution in [3.63, 3.8) is 0 Å². The fourth-order valence-corrected chi connectivity index (χ4v) is 5.89. The van der Waals surface area contributed by atoms with Crippen molar-refractivity contribution in [1.29, 1.82) is 0 Å². The summed E-state index contributed by atoms with van der Waals surface area (Å²) in [6.45, 7) is 2.41. The molecule has 3 aliphatic carbocycles. The van der Waals surface area contributed by atoms with Gasteiger partial charge in [0.05, 0.1) is 0 Å². The number of halogens is 1. The Labute approximate surface area is 142 Å². The second-order valence-electron chi connectivity index (χ2n) is 8.79. The van der Waals surface area contributed by atoms with Gasteiger partial charge in [0.2, 0.25) is 0 Å². The molecular weight excluding hydrogens is 291 g/mol. The highest BCUT2D eigenvalue weighted by Crippen LogP contribution is 2.44. The molecule has 128 valence electrons. The number of thiol groups is 1. The first kappa shape index (κ1) is 17.1. The second kappa shape index (κ2) is 7.90. The Morgan fingerprint density at radius 2 is 1.41 bits per heavy atom. The van der Waals surface area contributed by atoms with Crippen LogP contribution in [0.4, 0.5) is 4.39 Å². The molecule has 0 N–H and O–H groups in total. The first-order valence-corrected chi connectivity index (χ1v) is 10.5. The summed E-state index contributed by atoms with van der Waals surface area (Å²) in [7, 11) is 0. The lowest BCUT2D eigenvalue weighted by atomic mass is 9.68. The van der Waals surface area contributed by atoms with E-state index in [9.17, 15) is 4.39 Å². The average Bonchev–Trinajstić information content (AvgIpc) is 2.51. The Bertz CT molecular complexity index is 329. The van der Waals surface area contributed by atoms with Crippen molar-refractivity contribution in [3.8, 4) is 0 Å². The molecule has 0 aromatic heterocycles. The van der Waals surface area contributed by atoms with E-state index in [2.05, 4.69) is 19.6 Å². The lowest BCUT2D eigenvalue weighted by Gasteiger charge is -2.40. The monoisotopic (exact) mass is 326 g/mol. The normalized spacial score (nSPS) is 47.3. The van der Waals surface area contributed by atoms with Crippen molar-refractivity contribution in [3.05, 3.63) is 0 Å². The van der Waals surface area contributed by atoms with Gasteiger partial charge in [-0.25, -0.2) is 4.39 Å². The Hall–Kier alpha value is 0.280. The highest BCUT2D eigenvalue weighted by atomic mass is 32.1. The van der Waals surface area contributed by atoms with Crippen LogP contribution in [0.25, 0.3) is 0 Å². The molecule has 0 aliphatic heterocycles. The standard InChI is InChI=1S/C20H35FS/c1-14-2-4-15(5-3-14)12-16-6-8-17(9-7-16)19-11-10-18(22)13-20(19)21/h14-20,22H,2-13H2,1H3. The highest BCUT2D eigenvalue weighted by Gasteiger charge is 2.36. The fraction of sp³-hybridized carbons (Fsp3) is 1.00. The number of rotatable bonds is 3. The van der Waals surface area contributed by atoms with Crippen molar-refractivity contribution in [2.24, 2.45) is 29.6 Å². The average molecular weight is 327 g/mol. The minimum Gasteiger partial charge on any atom is -0.247 e. The third-order valence-electron chi connectivity index (χ3n) is 7.09. The molecule has 0 heterocycles. The van der Waals surface area contributed by atoms with Gasteiger partial charge in [-0.15, -0.1) is 0 Å². The predicted octanol–water partition coefficient (Wildman–Crippen LogP) is 6.45. The fourth-order valence-electron chi connectivity index (χ4n) is 5.54. The molecule has 3 rings (SSSR count). The lowest BCUT2D eigenvalue weighted by Crippen LogP contribution is -2.34. The second-order valence-corrected chi connectivity index (χ2v) is 9.52. The smallest absolute Gasteiger partial charge is 0.104 e. The van der Waals surface area contributed by atoms with Crippen molar-refractivity contribution in [2.45, 2.75) is 95.4 Å². The number of hydrogen-bond acceptors (Lipinski definition) is 1. The number of alkyl halides is 1. The molecule has 0 aromatic rings. The molecule has 0 saturated heterocycles. The van der Waals surface area contributed by atoms with Gasteiger partial charge >= 0.3 is 0 Å². The van der Waals surface area contributed by atoms with Gasteiger partial charge in [-0.05, 0) is 68.1 Å². The minimum absolute atomic E-state index is 0.316. The zero-order valence-corrected chi connectivity index (χ0v) is 15.2. The minimum atomic E-state index is -0.572. The molecule has 3 unspecified atom stereocenters. The Kier molecular flexibility index (Phi) is 6.15. The SMILES string of the molecule is CC1CCC(CC2CCC(C3CCC(S)CC3F)CC2)CC1. The summed E-state index contributed by atoms with van der Waals surface area (Å²) < 4.78 is 14.3. The van der Waals surface area contributed by atoms with E-state index in [4.69, 9.17) is 0 Å². The van der Waals surface area contributed by atoms with E-state index in [0.717, 1.165) is 30.6 Å². The van der Waals surface area contributed by atoms with E-state index in [0.29, 0.717) is 23.5 Å². The molecule has 0 bridgehead atoms. The summed E-state index contributed by atoms with van der Waals surface area (Å²) in [5.74, 6) is 3.97. The van der Waals surface area contributed by atoms with Crippen LogP contribution < -0.4 is 0 Å². The van der Waals surface area contributed by atoms with Gasteiger partial charge in [0.25, 0.3) is 0 Å². The maximum atomic E-state index is 14.3. The van der Waals surface area contributed by atoms with E-state index >= 15 is 0 Å². The summed E-state index contributed by atoms with van der Waals surface area (Å²) in [6, 6.07) is 0. The van der Waals surface area contributed by atoms with E-state index < -0.39 is 6.17 Å². The van der Waals surface area contributed by atoms with Gasteiger partial charge in [-0.2, -0.15) is 12.6 Å². The van der Waals surface area contributed by atoms with Crippen LogP contribution in [0.3, 0.4) is 0 Å². The van der Waals surface area contributed by atoms with Gasteiger partial charge in [0, 0.05) is 5.25 Å². The topological polar surface area (TPSA) is 0 Å². The Morgan fingerprint density at radius 1 is 0.818 bits per heavy atom. The van der Waals surface area contributed by atoms with Crippen LogP contribution in [0.15, 0.2) is 0 Å². The number of hydrogen-bond donors (Lipinski definition) is 1. The van der Waals surface area contributed by atoms with Gasteiger partial charge in [0.1, 0.15) is 6.17 Å². The Balaban J connectivity index is 1.40. The van der Waals surface area contributed by atoms with Crippen molar-refractivity contribution < 1.29 is 4.39 Å². The van der Waals surface area contributed by atoms with Crippen LogP contribution >= 0.6 is 12.6 Å². The summed E-state index contributed by atoms with van der Waals surface area (Å²) in [6.07, 6.45) is 15.0. The molecule has 3 aliphatic rings. The van der Waals surface area contributed by atoms with Gasteiger partial charge < -0.3 is 0 Å². The van der Waals surface area contributed by atoms with Crippen LogP contribution in [0.5, 0.6) is 0 Å². The third-order valence-corrected chi connectivity index (χ3v) is 7.56. The molecule has 0 nitrogen and oxygen atoms in total. The van der Waals surface area contributed by atoms with Crippen molar-refractivity contribution in [2.75, 3.05) is 0 Å². The molecule has 2 heteroatoms. The molecule has 0 aromatic carbocycles. The van der Waals surface area contributed by atoms with Crippen molar-refractivity contribution in [1.82, 2.24) is 0 Å². The zero-order valence-electron chi connectivity index (χ0n) is 14.4. The lowest BCUT2D eigenvalue weighted by molar-refractivity contribution is 0.0787. The molecule has 0 amide bonds. The maximum absolute atomic E-state index is 14.3. The summed E-state index contributed by atoms with van der Waals surface area (Å²) in [5, 5.41) is 0.316. The van der Waals surface area contributed by atoms with Crippen LogP contribution in [-0.4, -0.2) is 11.4 Å². The van der Waals surface area contributed by atoms with Crippen LogP contribution in [0, 0.1) is 29.6 Å². The van der Waals surface area contributed by atoms with Crippen LogP contribution in [-0.2, 0) is 0 Å². The maximum Gasteiger partial charge on any atom is 0.104 e. The third kappa shape index (κ3) is 4.42. The molecule has 0 radical (unpaired) electrons. The first-order chi connectivity index (χ1) is 10.6. The predicted molar refractivity (Wildman–Crippen MR) is 96.2 cm³/mol. The molecule has 0 spiro atoms. The quantitative estimate of drug-likeness (QED) is 0.566. The highest BCUT2D eigenvalue weighted by molar-refractivity contribution is 7.80. The van der Waals surface area contributed by atoms with E-state index in [-0.39, 0.29) is 0 Å². The van der Waals surface area contributed by atoms with E-state index in [1.165, 1.54) is 57.8 Å². The molecular formula is C20H35FS. The van der Waals surface area contributed by atoms with Crippen molar-refractivity contribution >= 4 is 12.6 Å². The van der Waals surface area contributed by atoms with Crippen LogP contribution in [0.1, 0.15) is 84.0 Å². The zero-order chi connectivity index (χ0) is 15.5. The Morgan fingerprint density at radius 3 is 2.00 bits per heavy atom. The molecule has 22 heavy (non-hydrogen) atoms. The molecule has 3 fully saturated rings.